The van der Waals surface area contributed by atoms with Crippen molar-refractivity contribution in [3.05, 3.63) is 38.8 Å². The summed E-state index contributed by atoms with van der Waals surface area (Å²) in [6, 6.07) is 5.12. The first-order valence-corrected chi connectivity index (χ1v) is 8.70. The van der Waals surface area contributed by atoms with Crippen LogP contribution in [0.1, 0.15) is 10.6 Å². The van der Waals surface area contributed by atoms with Crippen LogP contribution in [-0.2, 0) is 16.7 Å². The standard InChI is InChI=1S/C12H8Cl2F3N3OS2/c13-7-2-1-6(3-8(7)14)4-22-5-9(21)18-11-20-19-10(23-11)12(15,16)17/h1-3H,4-5H2,(H,18,20,21). The van der Waals surface area contributed by atoms with Crippen molar-refractivity contribution in [2.24, 2.45) is 0 Å². The highest BCUT2D eigenvalue weighted by atomic mass is 35.5. The summed E-state index contributed by atoms with van der Waals surface area (Å²) in [6.07, 6.45) is -4.57. The quantitative estimate of drug-likeness (QED) is 0.786. The Hall–Kier alpha value is -1.03. The Morgan fingerprint density at radius 3 is 2.61 bits per heavy atom. The molecule has 23 heavy (non-hydrogen) atoms. The molecule has 0 aliphatic heterocycles. The number of nitrogens with one attached hydrogen (secondary N) is 1. The summed E-state index contributed by atoms with van der Waals surface area (Å²) in [7, 11) is 0. The minimum absolute atomic E-state index is 0.0567. The van der Waals surface area contributed by atoms with Gasteiger partial charge in [0, 0.05) is 5.75 Å². The Bertz CT molecular complexity index is 709. The van der Waals surface area contributed by atoms with Gasteiger partial charge < -0.3 is 0 Å². The fraction of sp³-hybridized carbons (Fsp3) is 0.250. The zero-order valence-corrected chi connectivity index (χ0v) is 14.3. The molecule has 2 rings (SSSR count). The second kappa shape index (κ2) is 7.69. The van der Waals surface area contributed by atoms with Gasteiger partial charge in [-0.25, -0.2) is 0 Å². The number of aromatic nitrogens is 2. The smallest absolute Gasteiger partial charge is 0.300 e. The van der Waals surface area contributed by atoms with Crippen molar-refractivity contribution in [2.45, 2.75) is 11.9 Å². The molecule has 1 aromatic heterocycles. The molecule has 1 aromatic carbocycles. The molecule has 0 saturated carbocycles. The number of thioether (sulfide) groups is 1. The van der Waals surface area contributed by atoms with E-state index in [-0.39, 0.29) is 22.2 Å². The Labute approximate surface area is 147 Å². The Kier molecular flexibility index (Phi) is 6.12. The molecule has 0 aliphatic carbocycles. The first kappa shape index (κ1) is 18.3. The third kappa shape index (κ3) is 5.52. The lowest BCUT2D eigenvalue weighted by molar-refractivity contribution is -0.138. The Morgan fingerprint density at radius 1 is 1.26 bits per heavy atom. The highest BCUT2D eigenvalue weighted by Crippen LogP contribution is 2.33. The normalized spacial score (nSPS) is 11.5. The minimum atomic E-state index is -4.57. The molecular weight excluding hydrogens is 394 g/mol. The number of benzene rings is 1. The van der Waals surface area contributed by atoms with E-state index in [1.165, 1.54) is 11.8 Å². The number of carbonyl (C=O) groups is 1. The van der Waals surface area contributed by atoms with Crippen LogP contribution in [0.3, 0.4) is 0 Å². The number of hydrogen-bond donors (Lipinski definition) is 1. The molecule has 0 radical (unpaired) electrons. The maximum Gasteiger partial charge on any atom is 0.445 e. The van der Waals surface area contributed by atoms with Gasteiger partial charge in [0.2, 0.25) is 16.0 Å². The van der Waals surface area contributed by atoms with Crippen molar-refractivity contribution in [3.63, 3.8) is 0 Å². The van der Waals surface area contributed by atoms with E-state index >= 15 is 0 Å². The van der Waals surface area contributed by atoms with E-state index in [0.29, 0.717) is 15.8 Å². The molecule has 0 bridgehead atoms. The second-order valence-corrected chi connectivity index (χ2v) is 6.98. The number of alkyl halides is 3. The van der Waals surface area contributed by atoms with E-state index in [2.05, 4.69) is 15.5 Å². The van der Waals surface area contributed by atoms with Crippen LogP contribution in [0.5, 0.6) is 0 Å². The van der Waals surface area contributed by atoms with Gasteiger partial charge in [-0.05, 0) is 17.7 Å². The van der Waals surface area contributed by atoms with E-state index < -0.39 is 17.1 Å². The van der Waals surface area contributed by atoms with E-state index in [1.54, 1.807) is 18.2 Å². The second-order valence-electron chi connectivity index (χ2n) is 4.20. The number of rotatable bonds is 5. The molecule has 0 atom stereocenters. The van der Waals surface area contributed by atoms with E-state index in [1.807, 2.05) is 0 Å². The number of nitrogens with zero attached hydrogens (tertiary/aromatic N) is 2. The van der Waals surface area contributed by atoms with E-state index in [4.69, 9.17) is 23.2 Å². The summed E-state index contributed by atoms with van der Waals surface area (Å²) >= 11 is 13.2. The lowest BCUT2D eigenvalue weighted by Crippen LogP contribution is -2.14. The van der Waals surface area contributed by atoms with Crippen LogP contribution in [0.2, 0.25) is 10.0 Å². The predicted octanol–water partition coefficient (Wildman–Crippen LogP) is 4.74. The molecule has 0 saturated heterocycles. The largest absolute Gasteiger partial charge is 0.445 e. The van der Waals surface area contributed by atoms with E-state index in [0.717, 1.165) is 5.56 Å². The first-order valence-electron chi connectivity index (χ1n) is 5.98. The SMILES string of the molecule is O=C(CSCc1ccc(Cl)c(Cl)c1)Nc1nnc(C(F)(F)F)s1. The van der Waals surface area contributed by atoms with Gasteiger partial charge in [0.25, 0.3) is 0 Å². The van der Waals surface area contributed by atoms with Crippen molar-refractivity contribution >= 4 is 57.3 Å². The Balaban J connectivity index is 1.81. The van der Waals surface area contributed by atoms with Gasteiger partial charge >= 0.3 is 6.18 Å². The molecule has 1 N–H and O–H groups in total. The van der Waals surface area contributed by atoms with Crippen LogP contribution in [-0.4, -0.2) is 21.9 Å². The topological polar surface area (TPSA) is 54.9 Å². The minimum Gasteiger partial charge on any atom is -0.300 e. The monoisotopic (exact) mass is 401 g/mol. The number of hydrogen-bond acceptors (Lipinski definition) is 5. The maximum absolute atomic E-state index is 12.4. The molecule has 124 valence electrons. The van der Waals surface area contributed by atoms with Crippen LogP contribution >= 0.6 is 46.3 Å². The molecule has 0 fully saturated rings. The summed E-state index contributed by atoms with van der Waals surface area (Å²) in [6.45, 7) is 0. The average molecular weight is 402 g/mol. The molecule has 0 aliphatic rings. The molecule has 0 spiro atoms. The first-order chi connectivity index (χ1) is 10.8. The number of carbonyl (C=O) groups excluding carboxylic acids is 1. The zero-order chi connectivity index (χ0) is 17.0. The summed E-state index contributed by atoms with van der Waals surface area (Å²) in [5.74, 6) is 0.106. The average Bonchev–Trinajstić information content (AvgIpc) is 2.91. The predicted molar refractivity (Wildman–Crippen MR) is 86.2 cm³/mol. The Morgan fingerprint density at radius 2 is 2.00 bits per heavy atom. The van der Waals surface area contributed by atoms with Crippen LogP contribution in [0.15, 0.2) is 18.2 Å². The van der Waals surface area contributed by atoms with Gasteiger partial charge in [0.1, 0.15) is 0 Å². The van der Waals surface area contributed by atoms with Crippen LogP contribution in [0, 0.1) is 0 Å². The molecule has 2 aromatic rings. The number of halogens is 5. The molecular formula is C12H8Cl2F3N3OS2. The molecule has 1 heterocycles. The highest BCUT2D eigenvalue weighted by Gasteiger charge is 2.35. The molecule has 1 amide bonds. The summed E-state index contributed by atoms with van der Waals surface area (Å²) in [5.41, 5.74) is 0.882. The van der Waals surface area contributed by atoms with Gasteiger partial charge in [-0.2, -0.15) is 13.2 Å². The third-order valence-corrected chi connectivity index (χ3v) is 5.03. The van der Waals surface area contributed by atoms with Gasteiger partial charge in [-0.1, -0.05) is 40.6 Å². The third-order valence-electron chi connectivity index (χ3n) is 2.40. The summed E-state index contributed by atoms with van der Waals surface area (Å²) in [5, 5.41) is 8.12. The van der Waals surface area contributed by atoms with Crippen molar-refractivity contribution in [3.8, 4) is 0 Å². The van der Waals surface area contributed by atoms with Gasteiger partial charge in [-0.3, -0.25) is 10.1 Å². The molecule has 11 heteroatoms. The fourth-order valence-electron chi connectivity index (χ4n) is 1.43. The van der Waals surface area contributed by atoms with Crippen molar-refractivity contribution in [1.82, 2.24) is 10.2 Å². The maximum atomic E-state index is 12.4. The lowest BCUT2D eigenvalue weighted by Gasteiger charge is -2.04. The summed E-state index contributed by atoms with van der Waals surface area (Å²) < 4.78 is 37.1. The van der Waals surface area contributed by atoms with Crippen molar-refractivity contribution < 1.29 is 18.0 Å². The summed E-state index contributed by atoms with van der Waals surface area (Å²) in [4.78, 5) is 11.7. The van der Waals surface area contributed by atoms with Crippen LogP contribution < -0.4 is 5.32 Å². The van der Waals surface area contributed by atoms with Gasteiger partial charge in [-0.15, -0.1) is 22.0 Å². The molecule has 0 unspecified atom stereocenters. The van der Waals surface area contributed by atoms with Gasteiger partial charge in [0.15, 0.2) is 0 Å². The molecule has 4 nitrogen and oxygen atoms in total. The van der Waals surface area contributed by atoms with Crippen LogP contribution in [0.25, 0.3) is 0 Å². The van der Waals surface area contributed by atoms with Crippen molar-refractivity contribution in [2.75, 3.05) is 11.1 Å². The van der Waals surface area contributed by atoms with E-state index in [9.17, 15) is 18.0 Å². The zero-order valence-electron chi connectivity index (χ0n) is 11.2. The number of anilines is 1. The number of amides is 1. The highest BCUT2D eigenvalue weighted by molar-refractivity contribution is 7.99. The lowest BCUT2D eigenvalue weighted by atomic mass is 10.2. The van der Waals surface area contributed by atoms with Crippen LogP contribution in [0.4, 0.5) is 18.3 Å². The van der Waals surface area contributed by atoms with Crippen molar-refractivity contribution in [1.29, 1.82) is 0 Å². The fourth-order valence-corrected chi connectivity index (χ4v) is 3.16. The van der Waals surface area contributed by atoms with Gasteiger partial charge in [0.05, 0.1) is 15.8 Å².